The first kappa shape index (κ1) is 26.1. The number of carboxylic acids is 1. The molecule has 0 spiro atoms. The van der Waals surface area contributed by atoms with Gasteiger partial charge in [0.05, 0.1) is 15.2 Å². The smallest absolute Gasteiger partial charge is 0.325 e. The summed E-state index contributed by atoms with van der Waals surface area (Å²) >= 11 is 0. The number of fused-ring (bicyclic) bond motifs is 1. The summed E-state index contributed by atoms with van der Waals surface area (Å²) in [5.74, 6) is -2.81. The van der Waals surface area contributed by atoms with E-state index in [1.807, 2.05) is 19.6 Å². The number of nitrogens with one attached hydrogen (secondary N) is 2. The van der Waals surface area contributed by atoms with Gasteiger partial charge >= 0.3 is 12.0 Å². The molecule has 0 aromatic heterocycles. The lowest BCUT2D eigenvalue weighted by Crippen LogP contribution is -2.52. The number of aliphatic carboxylic acids is 1. The second kappa shape index (κ2) is 10.0. The number of ether oxygens (including phenoxy) is 1. The number of amides is 3. The fourth-order valence-electron chi connectivity index (χ4n) is 4.13. The lowest BCUT2D eigenvalue weighted by molar-refractivity contribution is -0.138. The quantitative estimate of drug-likeness (QED) is 0.523. The van der Waals surface area contributed by atoms with Crippen molar-refractivity contribution >= 4 is 36.9 Å². The Bertz CT molecular complexity index is 1150. The summed E-state index contributed by atoms with van der Waals surface area (Å²) in [7, 11) is -0.800. The molecule has 1 aliphatic heterocycles. The van der Waals surface area contributed by atoms with Gasteiger partial charge in [-0.1, -0.05) is 25.7 Å². The van der Waals surface area contributed by atoms with Crippen LogP contribution in [0.25, 0.3) is 0 Å². The summed E-state index contributed by atoms with van der Waals surface area (Å²) in [6.07, 6.45) is 0.402. The van der Waals surface area contributed by atoms with E-state index < -0.39 is 49.7 Å². The summed E-state index contributed by atoms with van der Waals surface area (Å²) in [5.41, 5.74) is 1.20. The maximum absolute atomic E-state index is 14.7. The standard InChI is InChI=1S/C24H29F2N3O5Si/c1-13(23(31)32)27-24(33)29-9-8-14-10-16(34-2)6-7-17(14)20(29)22(30)28-15-11-18(25)21(19(26)12-15)35(3,4)5/h6-7,10-13,20H,8-9H2,1-5H3,(H,27,33)(H,28,30)(H,31,32)/t13-,20-/m1/s1. The molecular weight excluding hydrogens is 476 g/mol. The fourth-order valence-corrected chi connectivity index (χ4v) is 5.71. The van der Waals surface area contributed by atoms with Gasteiger partial charge in [-0.2, -0.15) is 0 Å². The van der Waals surface area contributed by atoms with Gasteiger partial charge in [-0.05, 0) is 48.7 Å². The maximum Gasteiger partial charge on any atom is 0.325 e. The normalized spacial score (nSPS) is 16.2. The van der Waals surface area contributed by atoms with Crippen molar-refractivity contribution in [3.8, 4) is 5.75 Å². The molecule has 11 heteroatoms. The number of hydrogen-bond acceptors (Lipinski definition) is 4. The molecule has 1 aliphatic rings. The molecule has 2 aromatic carbocycles. The molecule has 8 nitrogen and oxygen atoms in total. The second-order valence-electron chi connectivity index (χ2n) is 9.47. The van der Waals surface area contributed by atoms with Crippen molar-refractivity contribution < 1.29 is 33.0 Å². The summed E-state index contributed by atoms with van der Waals surface area (Å²) in [6.45, 7) is 6.87. The van der Waals surface area contributed by atoms with Crippen LogP contribution in [0.15, 0.2) is 30.3 Å². The number of carboxylic acid groups (broad SMARTS) is 1. The van der Waals surface area contributed by atoms with E-state index in [4.69, 9.17) is 9.84 Å². The summed E-state index contributed by atoms with van der Waals surface area (Å²) < 4.78 is 34.7. The number of hydrogen-bond donors (Lipinski definition) is 3. The summed E-state index contributed by atoms with van der Waals surface area (Å²) in [5, 5.41) is 14.1. The van der Waals surface area contributed by atoms with E-state index in [9.17, 15) is 23.2 Å². The minimum absolute atomic E-state index is 0.0364. The van der Waals surface area contributed by atoms with Crippen molar-refractivity contribution in [2.24, 2.45) is 0 Å². The molecule has 0 fully saturated rings. The average Bonchev–Trinajstić information content (AvgIpc) is 2.75. The van der Waals surface area contributed by atoms with E-state index in [0.29, 0.717) is 17.7 Å². The van der Waals surface area contributed by atoms with Gasteiger partial charge in [0.1, 0.15) is 29.5 Å². The minimum Gasteiger partial charge on any atom is -0.497 e. The third-order valence-electron chi connectivity index (χ3n) is 5.86. The lowest BCUT2D eigenvalue weighted by atomic mass is 9.91. The van der Waals surface area contributed by atoms with Crippen LogP contribution in [0.3, 0.4) is 0 Å². The summed E-state index contributed by atoms with van der Waals surface area (Å²) in [4.78, 5) is 38.7. The van der Waals surface area contributed by atoms with Crippen molar-refractivity contribution in [1.82, 2.24) is 10.2 Å². The van der Waals surface area contributed by atoms with Crippen molar-refractivity contribution in [3.63, 3.8) is 0 Å². The highest BCUT2D eigenvalue weighted by Crippen LogP contribution is 2.33. The molecule has 0 unspecified atom stereocenters. The zero-order valence-electron chi connectivity index (χ0n) is 20.2. The van der Waals surface area contributed by atoms with Crippen LogP contribution >= 0.6 is 0 Å². The molecule has 0 saturated carbocycles. The number of nitrogens with zero attached hydrogens (tertiary/aromatic N) is 1. The lowest BCUT2D eigenvalue weighted by Gasteiger charge is -2.36. The first-order valence-electron chi connectivity index (χ1n) is 11.1. The van der Waals surface area contributed by atoms with Crippen molar-refractivity contribution in [2.75, 3.05) is 19.0 Å². The van der Waals surface area contributed by atoms with Crippen LogP contribution in [0.2, 0.25) is 19.6 Å². The van der Waals surface area contributed by atoms with Crippen LogP contribution in [0.1, 0.15) is 24.1 Å². The third-order valence-corrected chi connectivity index (χ3v) is 7.84. The zero-order chi connectivity index (χ0) is 26.1. The van der Waals surface area contributed by atoms with Crippen LogP contribution in [0.5, 0.6) is 5.75 Å². The van der Waals surface area contributed by atoms with Gasteiger partial charge in [-0.3, -0.25) is 9.59 Å². The largest absolute Gasteiger partial charge is 0.497 e. The van der Waals surface area contributed by atoms with Gasteiger partial charge in [-0.15, -0.1) is 0 Å². The Morgan fingerprint density at radius 3 is 2.31 bits per heavy atom. The van der Waals surface area contributed by atoms with Gasteiger partial charge in [-0.25, -0.2) is 13.6 Å². The number of rotatable bonds is 6. The minimum atomic E-state index is -2.31. The molecule has 0 aliphatic carbocycles. The zero-order valence-corrected chi connectivity index (χ0v) is 21.2. The highest BCUT2D eigenvalue weighted by Gasteiger charge is 2.37. The van der Waals surface area contributed by atoms with Crippen LogP contribution in [-0.2, 0) is 16.0 Å². The van der Waals surface area contributed by atoms with Crippen molar-refractivity contribution in [1.29, 1.82) is 0 Å². The van der Waals surface area contributed by atoms with Gasteiger partial charge in [0.25, 0.3) is 5.91 Å². The topological polar surface area (TPSA) is 108 Å². The van der Waals surface area contributed by atoms with E-state index in [2.05, 4.69) is 10.6 Å². The van der Waals surface area contributed by atoms with Crippen LogP contribution in [0.4, 0.5) is 19.3 Å². The van der Waals surface area contributed by atoms with Gasteiger partial charge < -0.3 is 25.4 Å². The molecule has 0 radical (unpaired) electrons. The molecule has 0 bridgehead atoms. The van der Waals surface area contributed by atoms with E-state index in [0.717, 1.165) is 17.7 Å². The Balaban J connectivity index is 1.98. The number of benzene rings is 2. The molecule has 3 amide bonds. The number of methoxy groups -OCH3 is 1. The molecule has 2 atom stereocenters. The first-order chi connectivity index (χ1) is 16.3. The van der Waals surface area contributed by atoms with E-state index in [1.54, 1.807) is 18.2 Å². The SMILES string of the molecule is COc1ccc2c(c1)CCN(C(=O)N[C@H](C)C(=O)O)[C@H]2C(=O)Nc1cc(F)c([Si](C)(C)C)c(F)c1. The first-order valence-corrected chi connectivity index (χ1v) is 14.6. The molecule has 0 saturated heterocycles. The Morgan fingerprint density at radius 2 is 1.77 bits per heavy atom. The number of carbonyl (C=O) groups is 3. The van der Waals surface area contributed by atoms with Gasteiger partial charge in [0.2, 0.25) is 0 Å². The average molecular weight is 506 g/mol. The van der Waals surface area contributed by atoms with Crippen LogP contribution in [-0.4, -0.2) is 55.7 Å². The molecule has 3 N–H and O–H groups in total. The van der Waals surface area contributed by atoms with Crippen LogP contribution in [0, 0.1) is 11.6 Å². The van der Waals surface area contributed by atoms with Crippen LogP contribution < -0.4 is 20.6 Å². The molecule has 35 heavy (non-hydrogen) atoms. The van der Waals surface area contributed by atoms with Gasteiger partial charge in [0.15, 0.2) is 0 Å². The molecule has 3 rings (SSSR count). The highest BCUT2D eigenvalue weighted by molar-refractivity contribution is 6.88. The third kappa shape index (κ3) is 5.61. The van der Waals surface area contributed by atoms with Gasteiger partial charge in [0, 0.05) is 17.4 Å². The van der Waals surface area contributed by atoms with E-state index in [-0.39, 0.29) is 17.4 Å². The Labute approximate surface area is 203 Å². The Morgan fingerprint density at radius 1 is 1.14 bits per heavy atom. The molecule has 1 heterocycles. The van der Waals surface area contributed by atoms with E-state index >= 15 is 0 Å². The number of anilines is 1. The van der Waals surface area contributed by atoms with Crippen molar-refractivity contribution in [3.05, 3.63) is 53.1 Å². The summed E-state index contributed by atoms with van der Waals surface area (Å²) in [6, 6.07) is 4.11. The number of urea groups is 1. The predicted molar refractivity (Wildman–Crippen MR) is 130 cm³/mol. The monoisotopic (exact) mass is 505 g/mol. The fraction of sp³-hybridized carbons (Fsp3) is 0.375. The highest BCUT2D eigenvalue weighted by atomic mass is 28.3. The molecule has 2 aromatic rings. The number of carbonyl (C=O) groups excluding carboxylic acids is 2. The maximum atomic E-state index is 14.7. The Kier molecular flexibility index (Phi) is 7.49. The number of halogens is 2. The Hall–Kier alpha value is -3.47. The molecular formula is C24H29F2N3O5Si. The predicted octanol–water partition coefficient (Wildman–Crippen LogP) is 3.24. The van der Waals surface area contributed by atoms with E-state index in [1.165, 1.54) is 18.9 Å². The van der Waals surface area contributed by atoms with Crippen molar-refractivity contribution in [2.45, 2.75) is 45.1 Å². The second-order valence-corrected chi connectivity index (χ2v) is 14.5. The molecule has 188 valence electrons.